The molecule has 3 aromatic rings. The van der Waals surface area contributed by atoms with Crippen molar-refractivity contribution in [3.05, 3.63) is 81.7 Å². The Morgan fingerprint density at radius 2 is 1.90 bits per heavy atom. The molecule has 0 unspecified atom stereocenters. The van der Waals surface area contributed by atoms with Gasteiger partial charge in [0, 0.05) is 24.6 Å². The van der Waals surface area contributed by atoms with Crippen LogP contribution in [0.3, 0.4) is 0 Å². The number of amides is 1. The number of alkyl carbamates (subject to hydrolysis) is 1. The maximum absolute atomic E-state index is 12.0. The normalized spacial score (nSPS) is 10.1. The van der Waals surface area contributed by atoms with E-state index in [-0.39, 0.29) is 17.6 Å². The lowest BCUT2D eigenvalue weighted by Gasteiger charge is -2.05. The number of ether oxygens (including phenoxy) is 1. The summed E-state index contributed by atoms with van der Waals surface area (Å²) in [5.74, 6) is 4.08. The first-order valence-corrected chi connectivity index (χ1v) is 8.77. The Hall–Kier alpha value is -4.05. The molecule has 2 N–H and O–H groups in total. The van der Waals surface area contributed by atoms with E-state index >= 15 is 0 Å². The molecule has 7 nitrogen and oxygen atoms in total. The molecule has 1 amide bonds. The number of hydrogen-bond acceptors (Lipinski definition) is 5. The largest absolute Gasteiger partial charge is 0.475 e. The molecule has 0 saturated carbocycles. The van der Waals surface area contributed by atoms with E-state index in [9.17, 15) is 14.4 Å². The molecule has 2 aromatic carbocycles. The summed E-state index contributed by atoms with van der Waals surface area (Å²) in [5.41, 5.74) is 1.22. The van der Waals surface area contributed by atoms with Crippen molar-refractivity contribution >= 4 is 23.0 Å². The fraction of sp³-hybridized carbons (Fsp3) is 0.136. The second-order valence-corrected chi connectivity index (χ2v) is 6.03. The lowest BCUT2D eigenvalue weighted by atomic mass is 10.1. The van der Waals surface area contributed by atoms with E-state index in [0.717, 1.165) is 11.6 Å². The highest BCUT2D eigenvalue weighted by molar-refractivity contribution is 5.87. The number of carboxylic acid groups (broad SMARTS) is 1. The van der Waals surface area contributed by atoms with Crippen molar-refractivity contribution < 1.29 is 23.8 Å². The number of nitrogens with one attached hydrogen (secondary N) is 1. The first kappa shape index (κ1) is 19.7. The highest BCUT2D eigenvalue weighted by Crippen LogP contribution is 2.14. The van der Waals surface area contributed by atoms with Crippen LogP contribution in [0.5, 0.6) is 0 Å². The summed E-state index contributed by atoms with van der Waals surface area (Å²) in [6, 6.07) is 15.0. The van der Waals surface area contributed by atoms with Gasteiger partial charge in [-0.25, -0.2) is 9.59 Å². The summed E-state index contributed by atoms with van der Waals surface area (Å²) in [6.45, 7) is 0.514. The van der Waals surface area contributed by atoms with Gasteiger partial charge < -0.3 is 19.6 Å². The van der Waals surface area contributed by atoms with Crippen LogP contribution in [0.1, 0.15) is 28.1 Å². The number of carboxylic acids is 1. The molecule has 3 rings (SSSR count). The highest BCUT2D eigenvalue weighted by atomic mass is 16.5. The molecule has 0 atom stereocenters. The second kappa shape index (κ2) is 9.24. The van der Waals surface area contributed by atoms with Gasteiger partial charge in [0.15, 0.2) is 5.43 Å². The summed E-state index contributed by atoms with van der Waals surface area (Å²) in [4.78, 5) is 34.6. The SMILES string of the molecule is O=C(NCCC#Cc1ccc2oc(C(=O)O)cc(=O)c2c1)OCc1ccccc1. The van der Waals surface area contributed by atoms with Gasteiger partial charge in [0.2, 0.25) is 5.76 Å². The van der Waals surface area contributed by atoms with Crippen LogP contribution in [0, 0.1) is 11.8 Å². The molecule has 0 aliphatic rings. The third-order valence-corrected chi connectivity index (χ3v) is 3.90. The topological polar surface area (TPSA) is 106 Å². The van der Waals surface area contributed by atoms with Crippen LogP contribution in [0.25, 0.3) is 11.0 Å². The molecule has 1 aromatic heterocycles. The Morgan fingerprint density at radius 1 is 1.10 bits per heavy atom. The minimum Gasteiger partial charge on any atom is -0.475 e. The fourth-order valence-electron chi connectivity index (χ4n) is 2.51. The number of hydrogen-bond donors (Lipinski definition) is 2. The van der Waals surface area contributed by atoms with Crippen molar-refractivity contribution in [1.29, 1.82) is 0 Å². The van der Waals surface area contributed by atoms with Crippen molar-refractivity contribution in [2.45, 2.75) is 13.0 Å². The second-order valence-electron chi connectivity index (χ2n) is 6.03. The number of carbonyl (C=O) groups excluding carboxylic acids is 1. The van der Waals surface area contributed by atoms with Gasteiger partial charge in [-0.1, -0.05) is 42.2 Å². The standard InChI is InChI=1S/C22H17NO6/c24-18-13-20(21(25)26)29-19-10-9-15(12-17(18)19)6-4-5-11-23-22(27)28-14-16-7-2-1-3-8-16/h1-3,7-10,12-13H,5,11,14H2,(H,23,27)(H,25,26). The predicted molar refractivity (Wildman–Crippen MR) is 106 cm³/mol. The zero-order chi connectivity index (χ0) is 20.6. The van der Waals surface area contributed by atoms with Gasteiger partial charge in [0.25, 0.3) is 0 Å². The van der Waals surface area contributed by atoms with Crippen LogP contribution in [-0.2, 0) is 11.3 Å². The van der Waals surface area contributed by atoms with Gasteiger partial charge in [-0.2, -0.15) is 0 Å². The minimum absolute atomic E-state index is 0.184. The summed E-state index contributed by atoms with van der Waals surface area (Å²) < 4.78 is 10.3. The van der Waals surface area contributed by atoms with Crippen LogP contribution < -0.4 is 10.7 Å². The highest BCUT2D eigenvalue weighted by Gasteiger charge is 2.10. The quantitative estimate of drug-likeness (QED) is 0.511. The van der Waals surface area contributed by atoms with E-state index in [4.69, 9.17) is 14.3 Å². The molecule has 0 spiro atoms. The van der Waals surface area contributed by atoms with Crippen LogP contribution >= 0.6 is 0 Å². The number of fused-ring (bicyclic) bond motifs is 1. The molecule has 7 heteroatoms. The first-order valence-electron chi connectivity index (χ1n) is 8.77. The number of aromatic carboxylic acids is 1. The Bertz CT molecular complexity index is 1150. The summed E-state index contributed by atoms with van der Waals surface area (Å²) in [7, 11) is 0. The average Bonchev–Trinajstić information content (AvgIpc) is 2.73. The van der Waals surface area contributed by atoms with E-state index in [0.29, 0.717) is 18.5 Å². The molecule has 1 heterocycles. The molecule has 0 aliphatic heterocycles. The zero-order valence-corrected chi connectivity index (χ0v) is 15.3. The molecule has 0 bridgehead atoms. The monoisotopic (exact) mass is 391 g/mol. The van der Waals surface area contributed by atoms with Gasteiger partial charge >= 0.3 is 12.1 Å². The fourth-order valence-corrected chi connectivity index (χ4v) is 2.51. The predicted octanol–water partition coefficient (Wildman–Crippen LogP) is 3.16. The smallest absolute Gasteiger partial charge is 0.407 e. The third kappa shape index (κ3) is 5.47. The van der Waals surface area contributed by atoms with Gasteiger partial charge in [0.1, 0.15) is 12.2 Å². The Morgan fingerprint density at radius 3 is 2.66 bits per heavy atom. The summed E-state index contributed by atoms with van der Waals surface area (Å²) in [6.07, 6.45) is -0.126. The molecule has 29 heavy (non-hydrogen) atoms. The first-order chi connectivity index (χ1) is 14.0. The Kier molecular flexibility index (Phi) is 6.28. The number of benzene rings is 2. The minimum atomic E-state index is -1.30. The lowest BCUT2D eigenvalue weighted by Crippen LogP contribution is -2.24. The van der Waals surface area contributed by atoms with Gasteiger partial charge in [-0.15, -0.1) is 0 Å². The molecule has 0 fully saturated rings. The van der Waals surface area contributed by atoms with E-state index in [1.165, 1.54) is 6.07 Å². The van der Waals surface area contributed by atoms with E-state index in [2.05, 4.69) is 17.2 Å². The van der Waals surface area contributed by atoms with E-state index < -0.39 is 23.3 Å². The Balaban J connectivity index is 1.52. The van der Waals surface area contributed by atoms with Crippen LogP contribution in [0.4, 0.5) is 4.79 Å². The third-order valence-electron chi connectivity index (χ3n) is 3.90. The van der Waals surface area contributed by atoms with Crippen LogP contribution in [-0.4, -0.2) is 23.7 Å². The van der Waals surface area contributed by atoms with Crippen molar-refractivity contribution in [1.82, 2.24) is 5.32 Å². The van der Waals surface area contributed by atoms with Gasteiger partial charge in [-0.3, -0.25) is 4.79 Å². The van der Waals surface area contributed by atoms with Crippen LogP contribution in [0.2, 0.25) is 0 Å². The molecule has 0 saturated heterocycles. The number of rotatable bonds is 5. The summed E-state index contributed by atoms with van der Waals surface area (Å²) in [5, 5.41) is 11.8. The molecule has 0 radical (unpaired) electrons. The number of carbonyl (C=O) groups is 2. The lowest BCUT2D eigenvalue weighted by molar-refractivity contribution is 0.0663. The Labute approximate surface area is 165 Å². The van der Waals surface area contributed by atoms with Crippen molar-refractivity contribution in [2.24, 2.45) is 0 Å². The van der Waals surface area contributed by atoms with Crippen molar-refractivity contribution in [3.63, 3.8) is 0 Å². The van der Waals surface area contributed by atoms with Gasteiger partial charge in [-0.05, 0) is 23.8 Å². The maximum Gasteiger partial charge on any atom is 0.407 e. The van der Waals surface area contributed by atoms with Crippen LogP contribution in [0.15, 0.2) is 63.8 Å². The average molecular weight is 391 g/mol. The van der Waals surface area contributed by atoms with E-state index in [1.807, 2.05) is 30.3 Å². The summed E-state index contributed by atoms with van der Waals surface area (Å²) >= 11 is 0. The maximum atomic E-state index is 12.0. The van der Waals surface area contributed by atoms with Crippen molar-refractivity contribution in [2.75, 3.05) is 6.54 Å². The van der Waals surface area contributed by atoms with Crippen molar-refractivity contribution in [3.8, 4) is 11.8 Å². The van der Waals surface area contributed by atoms with Gasteiger partial charge in [0.05, 0.1) is 5.39 Å². The van der Waals surface area contributed by atoms with E-state index in [1.54, 1.807) is 12.1 Å². The molecule has 146 valence electrons. The molecular formula is C22H17NO6. The molecular weight excluding hydrogens is 374 g/mol. The zero-order valence-electron chi connectivity index (χ0n) is 15.3. The molecule has 0 aliphatic carbocycles.